The summed E-state index contributed by atoms with van der Waals surface area (Å²) in [5.41, 5.74) is 1.38. The number of carbonyl (C=O) groups is 4. The molecule has 71 heavy (non-hydrogen) atoms. The average Bonchev–Trinajstić information content (AvgIpc) is 3.64. The number of fused-ring (bicyclic) bond motifs is 5. The maximum Gasteiger partial charge on any atom is 0.408 e. The van der Waals surface area contributed by atoms with Gasteiger partial charge in [0.15, 0.2) is 0 Å². The molecule has 0 aromatic heterocycles. The Balaban J connectivity index is 1.08. The largest absolute Gasteiger partial charge is 0.497 e. The summed E-state index contributed by atoms with van der Waals surface area (Å²) in [6, 6.07) is 7.44. The molecule has 11 heteroatoms. The van der Waals surface area contributed by atoms with Gasteiger partial charge in [0.1, 0.15) is 24.1 Å². The molecule has 0 heterocycles. The number of alkyl carbamates (subject to hydrolysis) is 2. The summed E-state index contributed by atoms with van der Waals surface area (Å²) in [4.78, 5) is 54.6. The molecular weight excluding hydrogens is 891 g/mol. The van der Waals surface area contributed by atoms with Crippen LogP contribution in [-0.4, -0.2) is 71.9 Å². The number of hydrogen-bond acceptors (Lipinski definition) is 8. The van der Waals surface area contributed by atoms with Crippen molar-refractivity contribution in [2.75, 3.05) is 20.2 Å². The molecule has 2 N–H and O–H groups in total. The third kappa shape index (κ3) is 17.2. The molecule has 5 rings (SSSR count). The number of esters is 1. The van der Waals surface area contributed by atoms with Gasteiger partial charge in [0, 0.05) is 37.0 Å². The van der Waals surface area contributed by atoms with Crippen LogP contribution in [0.25, 0.3) is 0 Å². The first-order valence-electron chi connectivity index (χ1n) is 28.1. The summed E-state index contributed by atoms with van der Waals surface area (Å²) in [5.74, 6) is 5.14. The fraction of sp³-hybridized carbons (Fsp3) is 0.800. The minimum absolute atomic E-state index is 0.0581. The zero-order valence-electron chi connectivity index (χ0n) is 46.9. The highest BCUT2D eigenvalue weighted by Crippen LogP contribution is 2.67. The van der Waals surface area contributed by atoms with Gasteiger partial charge in [-0.1, -0.05) is 103 Å². The predicted octanol–water partition coefficient (Wildman–Crippen LogP) is 14.3. The molecular formula is C60H99N3O8. The van der Waals surface area contributed by atoms with E-state index in [4.69, 9.17) is 18.9 Å². The molecule has 0 bridgehead atoms. The quantitative estimate of drug-likeness (QED) is 0.0428. The minimum atomic E-state index is -0.621. The lowest BCUT2D eigenvalue weighted by Gasteiger charge is -2.58. The van der Waals surface area contributed by atoms with Gasteiger partial charge >= 0.3 is 18.2 Å². The van der Waals surface area contributed by atoms with E-state index in [-0.39, 0.29) is 42.8 Å². The molecule has 7 unspecified atom stereocenters. The summed E-state index contributed by atoms with van der Waals surface area (Å²) < 4.78 is 22.4. The summed E-state index contributed by atoms with van der Waals surface area (Å²) in [6.45, 7) is 27.1. The standard InChI is InChI=1S/C60H99N3O8/c1-42(2)20-19-21-43(3)49-28-29-50-48-27-24-45-40-47(32-35-59(45,11)51(48)33-36-60(49,50)12)70-53(65)31-30-52(64)63(39-37-58(9,10)62-55(67)71-56(4,5)6)38-18-16-14-15-17-34-57(7,8)61-54(66)69-41-44-22-25-46(68-13)26-23-44/h22-26,42-43,47-51H,14-21,27-41H2,1-13H3,(H,61,66)(H,62,67)/t43-,47?,48?,49?,50?,51?,59?,60?/m1/s1. The Morgan fingerprint density at radius 3 is 2.11 bits per heavy atom. The highest BCUT2D eigenvalue weighted by molar-refractivity contribution is 5.81. The second-order valence-electron chi connectivity index (χ2n) is 25.7. The van der Waals surface area contributed by atoms with Crippen molar-refractivity contribution >= 4 is 24.1 Å². The Bertz CT molecular complexity index is 1920. The molecule has 402 valence electrons. The Labute approximate surface area is 430 Å². The lowest BCUT2D eigenvalue weighted by Crippen LogP contribution is -2.51. The first-order valence-corrected chi connectivity index (χ1v) is 28.1. The van der Waals surface area contributed by atoms with Crippen molar-refractivity contribution in [1.82, 2.24) is 15.5 Å². The van der Waals surface area contributed by atoms with E-state index in [1.165, 1.54) is 56.9 Å². The third-order valence-corrected chi connectivity index (χ3v) is 17.5. The van der Waals surface area contributed by atoms with Crippen LogP contribution in [0.3, 0.4) is 0 Å². The Hall–Kier alpha value is -3.76. The van der Waals surface area contributed by atoms with Crippen LogP contribution in [-0.2, 0) is 30.4 Å². The highest BCUT2D eigenvalue weighted by atomic mass is 16.6. The van der Waals surface area contributed by atoms with E-state index in [1.807, 2.05) is 77.6 Å². The molecule has 4 aliphatic rings. The molecule has 8 atom stereocenters. The van der Waals surface area contributed by atoms with Gasteiger partial charge in [0.25, 0.3) is 0 Å². The van der Waals surface area contributed by atoms with Gasteiger partial charge in [-0.25, -0.2) is 9.59 Å². The van der Waals surface area contributed by atoms with E-state index in [1.54, 1.807) is 7.11 Å². The van der Waals surface area contributed by atoms with Crippen molar-refractivity contribution in [1.29, 1.82) is 0 Å². The lowest BCUT2D eigenvalue weighted by atomic mass is 9.47. The van der Waals surface area contributed by atoms with Crippen LogP contribution in [0.2, 0.25) is 0 Å². The Morgan fingerprint density at radius 1 is 0.746 bits per heavy atom. The lowest BCUT2D eigenvalue weighted by molar-refractivity contribution is -0.153. The van der Waals surface area contributed by atoms with Crippen molar-refractivity contribution in [3.8, 4) is 5.75 Å². The third-order valence-electron chi connectivity index (χ3n) is 17.5. The number of nitrogens with zero attached hydrogens (tertiary/aromatic N) is 1. The molecule has 0 spiro atoms. The van der Waals surface area contributed by atoms with E-state index in [9.17, 15) is 19.2 Å². The zero-order valence-corrected chi connectivity index (χ0v) is 46.9. The number of rotatable bonds is 25. The monoisotopic (exact) mass is 990 g/mol. The number of methoxy groups -OCH3 is 1. The molecule has 0 aliphatic heterocycles. The number of amides is 3. The number of unbranched alkanes of at least 4 members (excludes halogenated alkanes) is 4. The van der Waals surface area contributed by atoms with Crippen LogP contribution in [0.1, 0.15) is 217 Å². The van der Waals surface area contributed by atoms with Gasteiger partial charge in [-0.15, -0.1) is 0 Å². The SMILES string of the molecule is COc1ccc(COC(=O)NC(C)(C)CCCCCCCN(CCC(C)(C)NC(=O)OC(C)(C)C)C(=O)CCC(=O)OC2CCC3(C)C(=CCC4C3CCC3(C)C4CCC3[C@H](C)CCCC(C)C)C2)cc1. The number of carbonyl (C=O) groups excluding carboxylic acids is 4. The van der Waals surface area contributed by atoms with Gasteiger partial charge in [-0.3, -0.25) is 9.59 Å². The van der Waals surface area contributed by atoms with Crippen molar-refractivity contribution in [3.05, 3.63) is 41.5 Å². The molecule has 3 amide bonds. The first-order chi connectivity index (χ1) is 33.3. The summed E-state index contributed by atoms with van der Waals surface area (Å²) in [6.07, 6.45) is 21.2. The molecule has 0 saturated heterocycles. The van der Waals surface area contributed by atoms with Crippen LogP contribution in [0.4, 0.5) is 9.59 Å². The van der Waals surface area contributed by atoms with E-state index in [0.717, 1.165) is 98.7 Å². The fourth-order valence-electron chi connectivity index (χ4n) is 13.4. The van der Waals surface area contributed by atoms with Crippen LogP contribution in [0.15, 0.2) is 35.9 Å². The maximum absolute atomic E-state index is 13.9. The molecule has 1 aromatic carbocycles. The molecule has 3 saturated carbocycles. The van der Waals surface area contributed by atoms with Crippen LogP contribution < -0.4 is 15.4 Å². The van der Waals surface area contributed by atoms with Gasteiger partial charge in [-0.2, -0.15) is 0 Å². The average molecular weight is 990 g/mol. The maximum atomic E-state index is 13.9. The fourth-order valence-corrected chi connectivity index (χ4v) is 13.4. The van der Waals surface area contributed by atoms with E-state index in [2.05, 4.69) is 51.3 Å². The highest BCUT2D eigenvalue weighted by Gasteiger charge is 2.59. The van der Waals surface area contributed by atoms with Crippen molar-refractivity contribution in [2.24, 2.45) is 46.3 Å². The smallest absolute Gasteiger partial charge is 0.408 e. The van der Waals surface area contributed by atoms with Crippen molar-refractivity contribution in [3.63, 3.8) is 0 Å². The Kier molecular flexibility index (Phi) is 20.8. The van der Waals surface area contributed by atoms with E-state index < -0.39 is 28.9 Å². The summed E-state index contributed by atoms with van der Waals surface area (Å²) in [5, 5.41) is 5.99. The summed E-state index contributed by atoms with van der Waals surface area (Å²) >= 11 is 0. The van der Waals surface area contributed by atoms with Crippen molar-refractivity contribution in [2.45, 2.75) is 241 Å². The normalized spacial score (nSPS) is 25.7. The molecule has 0 radical (unpaired) electrons. The number of allylic oxidation sites excluding steroid dienone is 1. The molecule has 3 fully saturated rings. The zero-order chi connectivity index (χ0) is 52.2. The second-order valence-corrected chi connectivity index (χ2v) is 25.7. The summed E-state index contributed by atoms with van der Waals surface area (Å²) in [7, 11) is 1.62. The van der Waals surface area contributed by atoms with Crippen LogP contribution >= 0.6 is 0 Å². The molecule has 11 nitrogen and oxygen atoms in total. The van der Waals surface area contributed by atoms with Gasteiger partial charge in [0.05, 0.1) is 13.5 Å². The predicted molar refractivity (Wildman–Crippen MR) is 285 cm³/mol. The molecule has 4 aliphatic carbocycles. The van der Waals surface area contributed by atoms with Gasteiger partial charge < -0.3 is 34.5 Å². The van der Waals surface area contributed by atoms with Gasteiger partial charge in [-0.05, 0) is 177 Å². The van der Waals surface area contributed by atoms with Gasteiger partial charge in [0.2, 0.25) is 5.91 Å². The number of benzene rings is 1. The first kappa shape index (κ1) is 58.1. The van der Waals surface area contributed by atoms with Crippen LogP contribution in [0.5, 0.6) is 5.75 Å². The molecule has 1 aromatic rings. The van der Waals surface area contributed by atoms with E-state index in [0.29, 0.717) is 30.8 Å². The van der Waals surface area contributed by atoms with Crippen LogP contribution in [0, 0.1) is 46.3 Å². The topological polar surface area (TPSA) is 132 Å². The number of nitrogens with one attached hydrogen (secondary N) is 2. The van der Waals surface area contributed by atoms with Crippen molar-refractivity contribution < 1.29 is 38.1 Å². The number of ether oxygens (including phenoxy) is 4. The second kappa shape index (κ2) is 25.5. The Morgan fingerprint density at radius 2 is 1.42 bits per heavy atom. The number of hydrogen-bond donors (Lipinski definition) is 2. The van der Waals surface area contributed by atoms with E-state index >= 15 is 0 Å². The minimum Gasteiger partial charge on any atom is -0.497 e.